The molecule has 0 aromatic heterocycles. The Morgan fingerprint density at radius 2 is 2.12 bits per heavy atom. The number of rotatable bonds is 6. The number of sulfonamides is 1. The van der Waals surface area contributed by atoms with Crippen molar-refractivity contribution in [3.05, 3.63) is 0 Å². The monoisotopic (exact) mass is 262 g/mol. The van der Waals surface area contributed by atoms with Crippen LogP contribution in [0.2, 0.25) is 0 Å². The second-order valence-electron chi connectivity index (χ2n) is 4.95. The van der Waals surface area contributed by atoms with Gasteiger partial charge in [0.25, 0.3) is 0 Å². The van der Waals surface area contributed by atoms with Gasteiger partial charge in [-0.3, -0.25) is 0 Å². The van der Waals surface area contributed by atoms with Crippen molar-refractivity contribution < 1.29 is 8.42 Å². The lowest BCUT2D eigenvalue weighted by Gasteiger charge is -2.30. The highest BCUT2D eigenvalue weighted by Crippen LogP contribution is 2.17. The van der Waals surface area contributed by atoms with Crippen molar-refractivity contribution in [1.29, 1.82) is 0 Å². The number of nitrogens with zero attached hydrogens (tertiary/aromatic N) is 1. The molecule has 0 spiro atoms. The highest BCUT2D eigenvalue weighted by molar-refractivity contribution is 7.89. The Hall–Kier alpha value is -0.130. The van der Waals surface area contributed by atoms with Crippen molar-refractivity contribution in [2.45, 2.75) is 46.1 Å². The van der Waals surface area contributed by atoms with Crippen molar-refractivity contribution in [3.63, 3.8) is 0 Å². The van der Waals surface area contributed by atoms with Crippen LogP contribution in [0, 0.1) is 5.92 Å². The molecular weight excluding hydrogens is 236 g/mol. The highest BCUT2D eigenvalue weighted by atomic mass is 32.2. The summed E-state index contributed by atoms with van der Waals surface area (Å²) in [6, 6.07) is 0.113. The summed E-state index contributed by atoms with van der Waals surface area (Å²) < 4.78 is 26.3. The van der Waals surface area contributed by atoms with E-state index in [4.69, 9.17) is 0 Å². The Morgan fingerprint density at radius 3 is 2.59 bits per heavy atom. The molecule has 0 aromatic rings. The quantitative estimate of drug-likeness (QED) is 0.788. The number of piperidine rings is 1. The molecule has 1 rings (SSSR count). The summed E-state index contributed by atoms with van der Waals surface area (Å²) in [4.78, 5) is 0. The van der Waals surface area contributed by atoms with Crippen LogP contribution in [0.5, 0.6) is 0 Å². The average Bonchev–Trinajstić information content (AvgIpc) is 2.29. The van der Waals surface area contributed by atoms with E-state index in [1.165, 1.54) is 0 Å². The molecule has 0 aliphatic carbocycles. The van der Waals surface area contributed by atoms with Gasteiger partial charge in [0.05, 0.1) is 5.75 Å². The Kier molecular flexibility index (Phi) is 5.89. The Morgan fingerprint density at radius 1 is 1.41 bits per heavy atom. The van der Waals surface area contributed by atoms with Crippen LogP contribution < -0.4 is 5.32 Å². The molecule has 1 aliphatic rings. The Bertz CT molecular complexity index is 310. The fourth-order valence-electron chi connectivity index (χ4n) is 2.45. The lowest BCUT2D eigenvalue weighted by molar-refractivity contribution is 0.332. The summed E-state index contributed by atoms with van der Waals surface area (Å²) in [5, 5.41) is 3.27. The van der Waals surface area contributed by atoms with E-state index < -0.39 is 10.0 Å². The molecule has 102 valence electrons. The van der Waals surface area contributed by atoms with Gasteiger partial charge in [0.15, 0.2) is 0 Å². The van der Waals surface area contributed by atoms with Crippen LogP contribution in [0.3, 0.4) is 0 Å². The second-order valence-corrected chi connectivity index (χ2v) is 6.92. The fourth-order valence-corrected chi connectivity index (χ4v) is 4.61. The van der Waals surface area contributed by atoms with Crippen molar-refractivity contribution >= 4 is 10.0 Å². The summed E-state index contributed by atoms with van der Waals surface area (Å²) in [5.74, 6) is 0.588. The minimum Gasteiger partial charge on any atom is -0.316 e. The predicted molar refractivity (Wildman–Crippen MR) is 71.5 cm³/mol. The standard InChI is InChI=1S/C12H26N2O2S/c1-4-11(3)14(5-2)17(15,16)10-12-7-6-8-13-9-12/h11-13H,4-10H2,1-3H3. The van der Waals surface area contributed by atoms with E-state index >= 15 is 0 Å². The zero-order chi connectivity index (χ0) is 12.9. The molecule has 17 heavy (non-hydrogen) atoms. The maximum atomic E-state index is 12.3. The predicted octanol–water partition coefficient (Wildman–Crippen LogP) is 1.44. The summed E-state index contributed by atoms with van der Waals surface area (Å²) >= 11 is 0. The molecule has 0 aromatic carbocycles. The molecule has 1 saturated heterocycles. The molecule has 0 saturated carbocycles. The Balaban J connectivity index is 2.64. The van der Waals surface area contributed by atoms with Gasteiger partial charge in [0, 0.05) is 12.6 Å². The van der Waals surface area contributed by atoms with Gasteiger partial charge in [0.2, 0.25) is 10.0 Å². The van der Waals surface area contributed by atoms with Crippen LogP contribution in [0.15, 0.2) is 0 Å². The number of nitrogens with one attached hydrogen (secondary N) is 1. The van der Waals surface area contributed by atoms with E-state index in [1.54, 1.807) is 4.31 Å². The first-order valence-corrected chi connectivity index (χ1v) is 8.32. The minimum atomic E-state index is -3.09. The minimum absolute atomic E-state index is 0.113. The Labute approximate surface area is 106 Å². The number of hydrogen-bond donors (Lipinski definition) is 1. The number of hydrogen-bond acceptors (Lipinski definition) is 3. The van der Waals surface area contributed by atoms with Crippen molar-refractivity contribution in [1.82, 2.24) is 9.62 Å². The maximum absolute atomic E-state index is 12.3. The molecule has 0 radical (unpaired) electrons. The summed E-state index contributed by atoms with van der Waals surface area (Å²) in [5.41, 5.74) is 0. The van der Waals surface area contributed by atoms with Crippen molar-refractivity contribution in [2.24, 2.45) is 5.92 Å². The van der Waals surface area contributed by atoms with Gasteiger partial charge < -0.3 is 5.32 Å². The van der Waals surface area contributed by atoms with Gasteiger partial charge in [-0.05, 0) is 45.2 Å². The van der Waals surface area contributed by atoms with Crippen LogP contribution in [-0.2, 0) is 10.0 Å². The van der Waals surface area contributed by atoms with E-state index in [0.29, 0.717) is 12.3 Å². The molecule has 0 bridgehead atoms. The maximum Gasteiger partial charge on any atom is 0.214 e. The van der Waals surface area contributed by atoms with Gasteiger partial charge in [-0.25, -0.2) is 8.42 Å². The normalized spacial score (nSPS) is 23.9. The SMILES string of the molecule is CCC(C)N(CC)S(=O)(=O)CC1CCCNC1. The molecule has 1 heterocycles. The van der Waals surface area contributed by atoms with E-state index in [0.717, 1.165) is 32.4 Å². The third-order valence-electron chi connectivity index (χ3n) is 3.60. The fraction of sp³-hybridized carbons (Fsp3) is 1.00. The second kappa shape index (κ2) is 6.71. The van der Waals surface area contributed by atoms with E-state index in [-0.39, 0.29) is 12.0 Å². The summed E-state index contributed by atoms with van der Waals surface area (Å²) in [6.07, 6.45) is 3.00. The lowest BCUT2D eigenvalue weighted by Crippen LogP contribution is -2.43. The van der Waals surface area contributed by atoms with Gasteiger partial charge in [0.1, 0.15) is 0 Å². The summed E-state index contributed by atoms with van der Waals surface area (Å²) in [6.45, 7) is 8.39. The topological polar surface area (TPSA) is 49.4 Å². The molecule has 2 unspecified atom stereocenters. The van der Waals surface area contributed by atoms with Crippen LogP contribution in [-0.4, -0.2) is 44.2 Å². The first-order chi connectivity index (χ1) is 8.01. The molecule has 2 atom stereocenters. The van der Waals surface area contributed by atoms with Crippen LogP contribution >= 0.6 is 0 Å². The lowest BCUT2D eigenvalue weighted by atomic mass is 10.0. The van der Waals surface area contributed by atoms with Gasteiger partial charge >= 0.3 is 0 Å². The van der Waals surface area contributed by atoms with Crippen molar-refractivity contribution in [2.75, 3.05) is 25.4 Å². The molecule has 1 N–H and O–H groups in total. The van der Waals surface area contributed by atoms with E-state index in [9.17, 15) is 8.42 Å². The summed E-state index contributed by atoms with van der Waals surface area (Å²) in [7, 11) is -3.09. The molecule has 1 fully saturated rings. The average molecular weight is 262 g/mol. The van der Waals surface area contributed by atoms with Gasteiger partial charge in [-0.1, -0.05) is 13.8 Å². The third kappa shape index (κ3) is 4.23. The molecular formula is C12H26N2O2S. The molecule has 0 amide bonds. The van der Waals surface area contributed by atoms with E-state index in [2.05, 4.69) is 5.32 Å². The zero-order valence-corrected chi connectivity index (χ0v) is 12.1. The highest BCUT2D eigenvalue weighted by Gasteiger charge is 2.28. The van der Waals surface area contributed by atoms with Crippen molar-refractivity contribution in [3.8, 4) is 0 Å². The molecule has 4 nitrogen and oxygen atoms in total. The van der Waals surface area contributed by atoms with Crippen LogP contribution in [0.4, 0.5) is 0 Å². The zero-order valence-electron chi connectivity index (χ0n) is 11.3. The molecule has 1 aliphatic heterocycles. The third-order valence-corrected chi connectivity index (χ3v) is 5.82. The first-order valence-electron chi connectivity index (χ1n) is 6.71. The van der Waals surface area contributed by atoms with E-state index in [1.807, 2.05) is 20.8 Å². The first kappa shape index (κ1) is 14.9. The van der Waals surface area contributed by atoms with Gasteiger partial charge in [-0.15, -0.1) is 0 Å². The van der Waals surface area contributed by atoms with Crippen LogP contribution in [0.25, 0.3) is 0 Å². The van der Waals surface area contributed by atoms with Gasteiger partial charge in [-0.2, -0.15) is 4.31 Å². The van der Waals surface area contributed by atoms with Crippen LogP contribution in [0.1, 0.15) is 40.0 Å². The smallest absolute Gasteiger partial charge is 0.214 e. The largest absolute Gasteiger partial charge is 0.316 e. The molecule has 5 heteroatoms.